The number of phenolic OH excluding ortho intramolecular Hbond substituents is 1. The van der Waals surface area contributed by atoms with E-state index in [2.05, 4.69) is 20.8 Å². The SMILES string of the molecule is Cc1cc([S])cc(C(C)(C)C)c1O. The fourth-order valence-electron chi connectivity index (χ4n) is 1.32. The molecule has 0 atom stereocenters. The third kappa shape index (κ3) is 2.13. The number of hydrogen-bond donors (Lipinski definition) is 1. The molecule has 0 saturated carbocycles. The van der Waals surface area contributed by atoms with Gasteiger partial charge in [-0.3, -0.25) is 0 Å². The maximum Gasteiger partial charge on any atom is 0.122 e. The topological polar surface area (TPSA) is 20.2 Å². The number of aryl methyl sites for hydroxylation is 1. The Morgan fingerprint density at radius 2 is 1.77 bits per heavy atom. The summed E-state index contributed by atoms with van der Waals surface area (Å²) in [6.07, 6.45) is 0. The average Bonchev–Trinajstić information content (AvgIpc) is 1.94. The van der Waals surface area contributed by atoms with E-state index < -0.39 is 0 Å². The minimum Gasteiger partial charge on any atom is -0.507 e. The van der Waals surface area contributed by atoms with Crippen LogP contribution in [-0.4, -0.2) is 5.11 Å². The summed E-state index contributed by atoms with van der Waals surface area (Å²) >= 11 is 5.10. The highest BCUT2D eigenvalue weighted by Gasteiger charge is 2.19. The van der Waals surface area contributed by atoms with Crippen LogP contribution in [0.4, 0.5) is 0 Å². The molecule has 0 amide bonds. The van der Waals surface area contributed by atoms with Crippen LogP contribution in [0, 0.1) is 6.92 Å². The van der Waals surface area contributed by atoms with Crippen LogP contribution in [0.1, 0.15) is 31.9 Å². The normalized spacial score (nSPS) is 11.7. The van der Waals surface area contributed by atoms with E-state index >= 15 is 0 Å². The second-order valence-corrected chi connectivity index (χ2v) is 4.86. The maximum atomic E-state index is 9.81. The number of rotatable bonds is 0. The smallest absolute Gasteiger partial charge is 0.122 e. The zero-order chi connectivity index (χ0) is 10.2. The van der Waals surface area contributed by atoms with Crippen LogP contribution < -0.4 is 0 Å². The first-order chi connectivity index (χ1) is 5.82. The number of aromatic hydroxyl groups is 1. The van der Waals surface area contributed by atoms with Crippen LogP contribution in [0.15, 0.2) is 17.0 Å². The first-order valence-electron chi connectivity index (χ1n) is 4.33. The van der Waals surface area contributed by atoms with Crippen LogP contribution in [0.3, 0.4) is 0 Å². The second kappa shape index (κ2) is 3.18. The molecule has 0 aliphatic heterocycles. The molecule has 0 aromatic heterocycles. The molecule has 0 spiro atoms. The molecule has 1 radical (unpaired) electrons. The van der Waals surface area contributed by atoms with E-state index in [-0.39, 0.29) is 5.41 Å². The maximum absolute atomic E-state index is 9.81. The van der Waals surface area contributed by atoms with Gasteiger partial charge in [0.15, 0.2) is 0 Å². The zero-order valence-electron chi connectivity index (χ0n) is 8.51. The Labute approximate surface area is 85.2 Å². The highest BCUT2D eigenvalue weighted by atomic mass is 32.1. The van der Waals surface area contributed by atoms with Crippen molar-refractivity contribution in [3.05, 3.63) is 23.3 Å². The molecule has 0 unspecified atom stereocenters. The third-order valence-corrected chi connectivity index (χ3v) is 2.32. The van der Waals surface area contributed by atoms with Crippen molar-refractivity contribution in [2.45, 2.75) is 38.0 Å². The van der Waals surface area contributed by atoms with E-state index in [4.69, 9.17) is 12.6 Å². The first-order valence-corrected chi connectivity index (χ1v) is 4.74. The highest BCUT2D eigenvalue weighted by Crippen LogP contribution is 2.34. The molecule has 0 aliphatic rings. The lowest BCUT2D eigenvalue weighted by atomic mass is 9.85. The zero-order valence-corrected chi connectivity index (χ0v) is 9.33. The second-order valence-electron chi connectivity index (χ2n) is 4.39. The molecule has 1 nitrogen and oxygen atoms in total. The van der Waals surface area contributed by atoms with Gasteiger partial charge in [0.25, 0.3) is 0 Å². The van der Waals surface area contributed by atoms with Gasteiger partial charge in [-0.15, -0.1) is 0 Å². The molecule has 71 valence electrons. The molecule has 0 bridgehead atoms. The summed E-state index contributed by atoms with van der Waals surface area (Å²) in [5, 5.41) is 9.81. The highest BCUT2D eigenvalue weighted by molar-refractivity contribution is 7.80. The lowest BCUT2D eigenvalue weighted by Crippen LogP contribution is -2.11. The molecule has 1 aromatic rings. The molecule has 0 aliphatic carbocycles. The monoisotopic (exact) mass is 195 g/mol. The van der Waals surface area contributed by atoms with Gasteiger partial charge in [0.1, 0.15) is 5.75 Å². The first kappa shape index (κ1) is 10.3. The van der Waals surface area contributed by atoms with Gasteiger partial charge in [0.2, 0.25) is 0 Å². The average molecular weight is 195 g/mol. The molecule has 0 heterocycles. The fraction of sp³-hybridized carbons (Fsp3) is 0.455. The summed E-state index contributed by atoms with van der Waals surface area (Å²) in [5.41, 5.74) is 1.74. The van der Waals surface area contributed by atoms with Crippen molar-refractivity contribution in [1.29, 1.82) is 0 Å². The molecule has 2 heteroatoms. The van der Waals surface area contributed by atoms with Crippen LogP contribution in [-0.2, 0) is 5.41 Å². The van der Waals surface area contributed by atoms with Crippen LogP contribution in [0.5, 0.6) is 5.75 Å². The van der Waals surface area contributed by atoms with Crippen molar-refractivity contribution >= 4 is 12.6 Å². The minimum absolute atomic E-state index is 0.0519. The molecule has 1 aromatic carbocycles. The van der Waals surface area contributed by atoms with Crippen molar-refractivity contribution < 1.29 is 5.11 Å². The Hall–Kier alpha value is -0.760. The Morgan fingerprint density at radius 3 is 2.23 bits per heavy atom. The van der Waals surface area contributed by atoms with E-state index in [0.29, 0.717) is 5.75 Å². The largest absolute Gasteiger partial charge is 0.507 e. The number of hydrogen-bond acceptors (Lipinski definition) is 1. The Kier molecular flexibility index (Phi) is 2.53. The summed E-state index contributed by atoms with van der Waals surface area (Å²) in [6, 6.07) is 3.69. The van der Waals surface area contributed by atoms with Gasteiger partial charge in [-0.1, -0.05) is 33.4 Å². The molecule has 0 saturated heterocycles. The Bertz CT molecular complexity index is 324. The van der Waals surface area contributed by atoms with Gasteiger partial charge < -0.3 is 5.11 Å². The minimum atomic E-state index is -0.0519. The third-order valence-electron chi connectivity index (χ3n) is 2.08. The summed E-state index contributed by atoms with van der Waals surface area (Å²) < 4.78 is 0. The fourth-order valence-corrected chi connectivity index (χ4v) is 1.61. The summed E-state index contributed by atoms with van der Waals surface area (Å²) in [6.45, 7) is 8.07. The molecular formula is C11H15OS. The standard InChI is InChI=1S/C11H15OS/c1-7-5-8(13)6-9(10(7)12)11(2,3)4/h5-6,12H,1-4H3. The summed E-state index contributed by atoms with van der Waals surface area (Å²) in [4.78, 5) is 0.792. The number of phenols is 1. The van der Waals surface area contributed by atoms with Gasteiger partial charge in [-0.05, 0) is 30.0 Å². The Morgan fingerprint density at radius 1 is 1.23 bits per heavy atom. The van der Waals surface area contributed by atoms with Gasteiger partial charge in [-0.2, -0.15) is 0 Å². The van der Waals surface area contributed by atoms with Gasteiger partial charge in [0, 0.05) is 10.5 Å². The van der Waals surface area contributed by atoms with Gasteiger partial charge in [-0.25, -0.2) is 0 Å². The van der Waals surface area contributed by atoms with E-state index in [0.717, 1.165) is 16.0 Å². The van der Waals surface area contributed by atoms with E-state index in [1.54, 1.807) is 0 Å². The molecule has 13 heavy (non-hydrogen) atoms. The van der Waals surface area contributed by atoms with Gasteiger partial charge in [0.05, 0.1) is 0 Å². The van der Waals surface area contributed by atoms with Crippen LogP contribution >= 0.6 is 12.6 Å². The van der Waals surface area contributed by atoms with Gasteiger partial charge >= 0.3 is 0 Å². The summed E-state index contributed by atoms with van der Waals surface area (Å²) in [7, 11) is 0. The predicted molar refractivity (Wildman–Crippen MR) is 57.4 cm³/mol. The molecular weight excluding hydrogens is 180 g/mol. The molecule has 0 fully saturated rings. The van der Waals surface area contributed by atoms with Crippen molar-refractivity contribution in [2.24, 2.45) is 0 Å². The van der Waals surface area contributed by atoms with Crippen LogP contribution in [0.2, 0.25) is 0 Å². The van der Waals surface area contributed by atoms with Crippen molar-refractivity contribution in [1.82, 2.24) is 0 Å². The molecule has 1 rings (SSSR count). The predicted octanol–water partition coefficient (Wildman–Crippen LogP) is 3.55. The number of benzene rings is 1. The van der Waals surface area contributed by atoms with E-state index in [9.17, 15) is 5.11 Å². The summed E-state index contributed by atoms with van der Waals surface area (Å²) in [5.74, 6) is 0.376. The van der Waals surface area contributed by atoms with Crippen molar-refractivity contribution in [2.75, 3.05) is 0 Å². The van der Waals surface area contributed by atoms with E-state index in [1.807, 2.05) is 19.1 Å². The Balaban J connectivity index is 3.37. The molecule has 1 N–H and O–H groups in total. The quantitative estimate of drug-likeness (QED) is 0.671. The lowest BCUT2D eigenvalue weighted by Gasteiger charge is -2.21. The van der Waals surface area contributed by atoms with Crippen molar-refractivity contribution in [3.8, 4) is 5.75 Å². The lowest BCUT2D eigenvalue weighted by molar-refractivity contribution is 0.442. The van der Waals surface area contributed by atoms with Crippen molar-refractivity contribution in [3.63, 3.8) is 0 Å². The van der Waals surface area contributed by atoms with Crippen LogP contribution in [0.25, 0.3) is 0 Å². The van der Waals surface area contributed by atoms with E-state index in [1.165, 1.54) is 0 Å².